The van der Waals surface area contributed by atoms with Crippen LogP contribution in [0.25, 0.3) is 11.0 Å². The van der Waals surface area contributed by atoms with Crippen LogP contribution in [0.15, 0.2) is 24.3 Å². The Morgan fingerprint density at radius 1 is 0.964 bits per heavy atom. The second-order valence-corrected chi connectivity index (χ2v) is 8.16. The van der Waals surface area contributed by atoms with E-state index in [-0.39, 0.29) is 18.3 Å². The van der Waals surface area contributed by atoms with Crippen molar-refractivity contribution in [3.63, 3.8) is 0 Å². The number of aliphatic hydroxyl groups excluding tert-OH is 1. The lowest BCUT2D eigenvalue weighted by atomic mass is 10.2. The number of anilines is 2. The number of benzene rings is 1. The lowest BCUT2D eigenvalue weighted by Crippen LogP contribution is -2.50. The van der Waals surface area contributed by atoms with Crippen LogP contribution >= 0.6 is 0 Å². The summed E-state index contributed by atoms with van der Waals surface area (Å²) in [6, 6.07) is 8.09. The molecule has 4 rings (SSSR count). The third-order valence-electron chi connectivity index (χ3n) is 5.45. The Morgan fingerprint density at radius 3 is 2.04 bits per heavy atom. The molecule has 0 radical (unpaired) electrons. The number of aromatic nitrogens is 2. The maximum absolute atomic E-state index is 9.67. The van der Waals surface area contributed by atoms with Crippen molar-refractivity contribution in [3.05, 3.63) is 24.3 Å². The maximum Gasteiger partial charge on any atom is 0.172 e. The molecule has 2 aromatic rings. The highest BCUT2D eigenvalue weighted by molar-refractivity contribution is 5.81. The fourth-order valence-electron chi connectivity index (χ4n) is 4.27. The summed E-state index contributed by atoms with van der Waals surface area (Å²) in [5.41, 5.74) is 1.86. The van der Waals surface area contributed by atoms with Crippen molar-refractivity contribution < 1.29 is 9.84 Å². The molecule has 0 aliphatic carbocycles. The molecule has 2 unspecified atom stereocenters. The van der Waals surface area contributed by atoms with Crippen molar-refractivity contribution in [2.75, 3.05) is 55.6 Å². The normalized spacial score (nSPS) is 25.3. The molecular weight excluding hydrogens is 354 g/mol. The monoisotopic (exact) mass is 385 g/mol. The summed E-state index contributed by atoms with van der Waals surface area (Å²) in [6.45, 7) is 12.1. The number of para-hydroxylation sites is 2. The van der Waals surface area contributed by atoms with Crippen molar-refractivity contribution in [3.8, 4) is 0 Å². The first-order chi connectivity index (χ1) is 13.5. The minimum Gasteiger partial charge on any atom is -0.392 e. The first-order valence-corrected chi connectivity index (χ1v) is 10.3. The Morgan fingerprint density at radius 2 is 1.50 bits per heavy atom. The SMILES string of the molecule is CC1CN(c2nc3ccccc3nc2N2CCN(C[C@@H](C)O)CC2)CC(C)O1. The maximum atomic E-state index is 9.67. The zero-order valence-electron chi connectivity index (χ0n) is 17.1. The van der Waals surface area contributed by atoms with Gasteiger partial charge in [0, 0.05) is 45.8 Å². The third-order valence-corrected chi connectivity index (χ3v) is 5.45. The second-order valence-electron chi connectivity index (χ2n) is 8.16. The average molecular weight is 386 g/mol. The van der Waals surface area contributed by atoms with Crippen LogP contribution in [0.1, 0.15) is 20.8 Å². The number of aliphatic hydroxyl groups is 1. The summed E-state index contributed by atoms with van der Waals surface area (Å²) >= 11 is 0. The fraction of sp³-hybridized carbons (Fsp3) is 0.619. The molecule has 7 nitrogen and oxygen atoms in total. The smallest absolute Gasteiger partial charge is 0.172 e. The van der Waals surface area contributed by atoms with Crippen LogP contribution in [0, 0.1) is 0 Å². The number of piperazine rings is 1. The summed E-state index contributed by atoms with van der Waals surface area (Å²) in [5.74, 6) is 1.93. The van der Waals surface area contributed by atoms with E-state index >= 15 is 0 Å². The van der Waals surface area contributed by atoms with Crippen molar-refractivity contribution in [1.29, 1.82) is 0 Å². The highest BCUT2D eigenvalue weighted by Gasteiger charge is 2.29. The molecule has 1 N–H and O–H groups in total. The van der Waals surface area contributed by atoms with Crippen LogP contribution in [0.3, 0.4) is 0 Å². The van der Waals surface area contributed by atoms with Crippen molar-refractivity contribution in [2.45, 2.75) is 39.1 Å². The summed E-state index contributed by atoms with van der Waals surface area (Å²) in [4.78, 5) is 17.0. The molecule has 1 aromatic carbocycles. The van der Waals surface area contributed by atoms with Crippen LogP contribution in [-0.2, 0) is 4.74 Å². The summed E-state index contributed by atoms with van der Waals surface area (Å²) in [6.07, 6.45) is 0.0550. The predicted molar refractivity (Wildman–Crippen MR) is 112 cm³/mol. The lowest BCUT2D eigenvalue weighted by molar-refractivity contribution is -0.00543. The number of rotatable bonds is 4. The van der Waals surface area contributed by atoms with E-state index in [1.165, 1.54) is 0 Å². The van der Waals surface area contributed by atoms with E-state index in [4.69, 9.17) is 14.7 Å². The first-order valence-electron chi connectivity index (χ1n) is 10.3. The number of morpholine rings is 1. The van der Waals surface area contributed by atoms with Gasteiger partial charge in [0.15, 0.2) is 11.6 Å². The minimum atomic E-state index is -0.293. The quantitative estimate of drug-likeness (QED) is 0.860. The molecule has 0 saturated carbocycles. The molecule has 2 aliphatic heterocycles. The van der Waals surface area contributed by atoms with E-state index in [0.29, 0.717) is 0 Å². The zero-order chi connectivity index (χ0) is 19.7. The topological polar surface area (TPSA) is 65.0 Å². The van der Waals surface area contributed by atoms with Crippen LogP contribution in [0.4, 0.5) is 11.6 Å². The number of nitrogens with zero attached hydrogens (tertiary/aromatic N) is 5. The van der Waals surface area contributed by atoms with E-state index in [2.05, 4.69) is 28.5 Å². The molecule has 152 valence electrons. The van der Waals surface area contributed by atoms with Crippen molar-refractivity contribution >= 4 is 22.7 Å². The van der Waals surface area contributed by atoms with E-state index in [1.54, 1.807) is 0 Å². The number of hydrogen-bond acceptors (Lipinski definition) is 7. The van der Waals surface area contributed by atoms with Gasteiger partial charge in [0.1, 0.15) is 0 Å². The minimum absolute atomic E-state index is 0.174. The number of β-amino-alcohol motifs (C(OH)–C–C–N with tert-alkyl or cyclic N) is 1. The van der Waals surface area contributed by atoms with E-state index < -0.39 is 0 Å². The van der Waals surface area contributed by atoms with Gasteiger partial charge in [-0.3, -0.25) is 4.90 Å². The molecule has 3 heterocycles. The second kappa shape index (κ2) is 8.19. The van der Waals surface area contributed by atoms with Gasteiger partial charge in [-0.15, -0.1) is 0 Å². The number of ether oxygens (including phenoxy) is 1. The highest BCUT2D eigenvalue weighted by atomic mass is 16.5. The van der Waals surface area contributed by atoms with Gasteiger partial charge in [0.25, 0.3) is 0 Å². The largest absolute Gasteiger partial charge is 0.392 e. The van der Waals surface area contributed by atoms with Crippen molar-refractivity contribution in [1.82, 2.24) is 14.9 Å². The number of fused-ring (bicyclic) bond motifs is 1. The zero-order valence-corrected chi connectivity index (χ0v) is 17.1. The molecular formula is C21H31N5O2. The fourth-order valence-corrected chi connectivity index (χ4v) is 4.27. The van der Waals surface area contributed by atoms with Gasteiger partial charge >= 0.3 is 0 Å². The van der Waals surface area contributed by atoms with Crippen LogP contribution in [0.2, 0.25) is 0 Å². The van der Waals surface area contributed by atoms with Crippen LogP contribution < -0.4 is 9.80 Å². The summed E-state index contributed by atoms with van der Waals surface area (Å²) < 4.78 is 5.93. The molecule has 0 amide bonds. The van der Waals surface area contributed by atoms with Gasteiger partial charge < -0.3 is 19.6 Å². The molecule has 0 spiro atoms. The predicted octanol–water partition coefficient (Wildman–Crippen LogP) is 1.75. The average Bonchev–Trinajstić information content (AvgIpc) is 2.66. The third kappa shape index (κ3) is 4.21. The lowest BCUT2D eigenvalue weighted by Gasteiger charge is -2.40. The Kier molecular flexibility index (Phi) is 5.66. The van der Waals surface area contributed by atoms with Crippen LogP contribution in [0.5, 0.6) is 0 Å². The molecule has 1 aromatic heterocycles. The van der Waals surface area contributed by atoms with Gasteiger partial charge in [-0.25, -0.2) is 9.97 Å². The highest BCUT2D eigenvalue weighted by Crippen LogP contribution is 2.31. The summed E-state index contributed by atoms with van der Waals surface area (Å²) in [7, 11) is 0. The van der Waals surface area contributed by atoms with E-state index in [1.807, 2.05) is 31.2 Å². The van der Waals surface area contributed by atoms with Gasteiger partial charge in [0.05, 0.1) is 29.3 Å². The Balaban J connectivity index is 1.64. The molecule has 0 bridgehead atoms. The summed E-state index contributed by atoms with van der Waals surface area (Å²) in [5, 5.41) is 9.67. The van der Waals surface area contributed by atoms with E-state index in [9.17, 15) is 5.11 Å². The van der Waals surface area contributed by atoms with Gasteiger partial charge in [0.2, 0.25) is 0 Å². The Hall–Kier alpha value is -1.96. The number of hydrogen-bond donors (Lipinski definition) is 1. The first kappa shape index (κ1) is 19.4. The molecule has 2 aliphatic rings. The van der Waals surface area contributed by atoms with Crippen LogP contribution in [-0.4, -0.2) is 84.1 Å². The van der Waals surface area contributed by atoms with Gasteiger partial charge in [-0.1, -0.05) is 12.1 Å². The standard InChI is InChI=1S/C21H31N5O2/c1-15(27)12-24-8-10-25(11-9-24)20-21(26-13-16(2)28-17(3)14-26)23-19-7-5-4-6-18(19)22-20/h4-7,15-17,27H,8-14H2,1-3H3/t15-,16?,17?/m1/s1. The molecule has 2 fully saturated rings. The van der Waals surface area contributed by atoms with E-state index in [0.717, 1.165) is 68.5 Å². The molecule has 2 saturated heterocycles. The molecule has 3 atom stereocenters. The van der Waals surface area contributed by atoms with Crippen molar-refractivity contribution in [2.24, 2.45) is 0 Å². The molecule has 28 heavy (non-hydrogen) atoms. The Labute approximate surface area is 166 Å². The van der Waals surface area contributed by atoms with Gasteiger partial charge in [-0.05, 0) is 32.9 Å². The Bertz CT molecular complexity index is 796. The van der Waals surface area contributed by atoms with Gasteiger partial charge in [-0.2, -0.15) is 0 Å². The molecule has 7 heteroatoms.